The van der Waals surface area contributed by atoms with E-state index >= 15 is 0 Å². The molecule has 2 fully saturated rings. The quantitative estimate of drug-likeness (QED) is 0.746. The third-order valence-electron chi connectivity index (χ3n) is 5.13. The van der Waals surface area contributed by atoms with E-state index in [9.17, 15) is 22.8 Å². The van der Waals surface area contributed by atoms with Gasteiger partial charge in [0.15, 0.2) is 0 Å². The van der Waals surface area contributed by atoms with E-state index in [0.717, 1.165) is 4.90 Å². The first-order valence-electron chi connectivity index (χ1n) is 9.73. The summed E-state index contributed by atoms with van der Waals surface area (Å²) in [5, 5.41) is 10.7. The molecule has 2 amide bonds. The second kappa shape index (κ2) is 8.50. The first-order valence-corrected chi connectivity index (χ1v) is 9.73. The largest absolute Gasteiger partial charge is 0.487 e. The maximum atomic E-state index is 12.9. The summed E-state index contributed by atoms with van der Waals surface area (Å²) in [6, 6.07) is 8.52. The van der Waals surface area contributed by atoms with E-state index in [0.29, 0.717) is 30.2 Å². The molecule has 0 aliphatic carbocycles. The molecule has 3 heterocycles. The minimum atomic E-state index is -4.51. The second-order valence-electron chi connectivity index (χ2n) is 7.45. The number of nitrogens with zero attached hydrogens (tertiary/aromatic N) is 4. The van der Waals surface area contributed by atoms with E-state index in [1.165, 1.54) is 12.4 Å². The Morgan fingerprint density at radius 3 is 2.35 bits per heavy atom. The van der Waals surface area contributed by atoms with Gasteiger partial charge in [-0.1, -0.05) is 0 Å². The number of likely N-dealkylation sites (tertiary alicyclic amines) is 1. The van der Waals surface area contributed by atoms with Gasteiger partial charge in [0, 0.05) is 18.8 Å². The summed E-state index contributed by atoms with van der Waals surface area (Å²) in [7, 11) is 0. The van der Waals surface area contributed by atoms with Gasteiger partial charge in [0.25, 0.3) is 0 Å². The van der Waals surface area contributed by atoms with Crippen LogP contribution in [0.15, 0.2) is 42.7 Å². The average Bonchev–Trinajstić information content (AvgIpc) is 2.63. The number of anilines is 2. The van der Waals surface area contributed by atoms with Crippen LogP contribution in [0, 0.1) is 5.92 Å². The van der Waals surface area contributed by atoms with Crippen LogP contribution in [0.4, 0.5) is 24.5 Å². The molecule has 1 N–H and O–H groups in total. The zero-order valence-electron chi connectivity index (χ0n) is 16.4. The number of rotatable bonds is 6. The molecule has 31 heavy (non-hydrogen) atoms. The molecular formula is C20H20F3N5O3. The van der Waals surface area contributed by atoms with Crippen molar-refractivity contribution in [3.05, 3.63) is 42.7 Å². The molecule has 2 aliphatic rings. The third kappa shape index (κ3) is 4.93. The van der Waals surface area contributed by atoms with Crippen LogP contribution in [0.2, 0.25) is 0 Å². The Hall–Kier alpha value is -3.21. The van der Waals surface area contributed by atoms with E-state index < -0.39 is 18.5 Å². The molecular weight excluding hydrogens is 415 g/mol. The Morgan fingerprint density at radius 1 is 1.10 bits per heavy atom. The highest BCUT2D eigenvalue weighted by Crippen LogP contribution is 2.30. The van der Waals surface area contributed by atoms with Gasteiger partial charge in [-0.2, -0.15) is 23.4 Å². The molecule has 0 radical (unpaired) electrons. The van der Waals surface area contributed by atoms with Crippen LogP contribution < -0.4 is 15.0 Å². The lowest BCUT2D eigenvalue weighted by atomic mass is 10.0. The molecule has 0 spiro atoms. The highest BCUT2D eigenvalue weighted by Gasteiger charge is 2.39. The SMILES string of the molecule is O=C(CC(F)(F)F)N1CC(Oc2ccc(N(C(=O)C3CNC3)c3ccnnc3)cc2)C1. The van der Waals surface area contributed by atoms with Crippen LogP contribution in [0.25, 0.3) is 0 Å². The number of carbonyl (C=O) groups excluding carboxylic acids is 2. The van der Waals surface area contributed by atoms with Gasteiger partial charge >= 0.3 is 6.18 Å². The van der Waals surface area contributed by atoms with Gasteiger partial charge in [-0.05, 0) is 30.3 Å². The minimum absolute atomic E-state index is 0.0572. The Labute approximate surface area is 176 Å². The number of halogens is 3. The summed E-state index contributed by atoms with van der Waals surface area (Å²) in [4.78, 5) is 27.2. The second-order valence-corrected chi connectivity index (χ2v) is 7.45. The molecule has 2 aliphatic heterocycles. The van der Waals surface area contributed by atoms with Gasteiger partial charge in [0.1, 0.15) is 18.3 Å². The van der Waals surface area contributed by atoms with Gasteiger partial charge in [0.2, 0.25) is 11.8 Å². The van der Waals surface area contributed by atoms with Gasteiger partial charge < -0.3 is 15.0 Å². The highest BCUT2D eigenvalue weighted by molar-refractivity contribution is 6.02. The number of aromatic nitrogens is 2. The summed E-state index contributed by atoms with van der Waals surface area (Å²) in [6.07, 6.45) is -3.32. The minimum Gasteiger partial charge on any atom is -0.487 e. The van der Waals surface area contributed by atoms with Crippen molar-refractivity contribution >= 4 is 23.2 Å². The molecule has 0 saturated carbocycles. The first-order chi connectivity index (χ1) is 14.8. The van der Waals surface area contributed by atoms with E-state index in [1.54, 1.807) is 35.2 Å². The normalized spacial score (nSPS) is 16.9. The van der Waals surface area contributed by atoms with Crippen LogP contribution >= 0.6 is 0 Å². The van der Waals surface area contributed by atoms with Crippen molar-refractivity contribution in [3.8, 4) is 5.75 Å². The van der Waals surface area contributed by atoms with Crippen LogP contribution in [-0.2, 0) is 9.59 Å². The summed E-state index contributed by atoms with van der Waals surface area (Å²) in [6.45, 7) is 1.44. The maximum Gasteiger partial charge on any atom is 0.397 e. The third-order valence-corrected chi connectivity index (χ3v) is 5.13. The first kappa shape index (κ1) is 21.0. The van der Waals surface area contributed by atoms with Crippen molar-refractivity contribution < 1.29 is 27.5 Å². The zero-order chi connectivity index (χ0) is 22.0. The van der Waals surface area contributed by atoms with Gasteiger partial charge in [0.05, 0.1) is 37.1 Å². The van der Waals surface area contributed by atoms with Crippen LogP contribution in [0.3, 0.4) is 0 Å². The number of carbonyl (C=O) groups is 2. The van der Waals surface area contributed by atoms with Crippen molar-refractivity contribution in [1.82, 2.24) is 20.4 Å². The lowest BCUT2D eigenvalue weighted by Gasteiger charge is -2.39. The van der Waals surface area contributed by atoms with E-state index in [4.69, 9.17) is 4.74 Å². The van der Waals surface area contributed by atoms with Crippen molar-refractivity contribution in [2.75, 3.05) is 31.1 Å². The highest BCUT2D eigenvalue weighted by atomic mass is 19.4. The lowest BCUT2D eigenvalue weighted by Crippen LogP contribution is -2.56. The topological polar surface area (TPSA) is 87.7 Å². The fraction of sp³-hybridized carbons (Fsp3) is 0.400. The predicted octanol–water partition coefficient (Wildman–Crippen LogP) is 1.90. The molecule has 8 nitrogen and oxygen atoms in total. The van der Waals surface area contributed by atoms with E-state index in [2.05, 4.69) is 15.5 Å². The predicted molar refractivity (Wildman–Crippen MR) is 104 cm³/mol. The number of nitrogens with one attached hydrogen (secondary N) is 1. The summed E-state index contributed by atoms with van der Waals surface area (Å²) >= 11 is 0. The lowest BCUT2D eigenvalue weighted by molar-refractivity contribution is -0.167. The number of alkyl halides is 3. The maximum absolute atomic E-state index is 12.9. The molecule has 2 saturated heterocycles. The van der Waals surface area contributed by atoms with Gasteiger partial charge in [-0.25, -0.2) is 0 Å². The Balaban J connectivity index is 1.39. The number of amides is 2. The Kier molecular flexibility index (Phi) is 5.77. The average molecular weight is 435 g/mol. The van der Waals surface area contributed by atoms with E-state index in [1.807, 2.05) is 0 Å². The zero-order valence-corrected chi connectivity index (χ0v) is 16.4. The number of hydrogen-bond acceptors (Lipinski definition) is 6. The van der Waals surface area contributed by atoms with Crippen molar-refractivity contribution in [3.63, 3.8) is 0 Å². The van der Waals surface area contributed by atoms with E-state index in [-0.39, 0.29) is 31.0 Å². The Bertz CT molecular complexity index is 929. The molecule has 4 rings (SSSR count). The number of ether oxygens (including phenoxy) is 1. The molecule has 1 aromatic heterocycles. The summed E-state index contributed by atoms with van der Waals surface area (Å²) in [5.41, 5.74) is 1.23. The fourth-order valence-corrected chi connectivity index (χ4v) is 3.33. The van der Waals surface area contributed by atoms with Crippen molar-refractivity contribution in [2.24, 2.45) is 5.92 Å². The fourth-order valence-electron chi connectivity index (χ4n) is 3.33. The Morgan fingerprint density at radius 2 is 1.81 bits per heavy atom. The molecule has 0 bridgehead atoms. The molecule has 0 unspecified atom stereocenters. The summed E-state index contributed by atoms with van der Waals surface area (Å²) in [5.74, 6) is -0.631. The smallest absolute Gasteiger partial charge is 0.397 e. The van der Waals surface area contributed by atoms with Gasteiger partial charge in [-0.3, -0.25) is 14.5 Å². The van der Waals surface area contributed by atoms with Gasteiger partial charge in [-0.15, -0.1) is 0 Å². The number of benzene rings is 1. The van der Waals surface area contributed by atoms with Crippen molar-refractivity contribution in [2.45, 2.75) is 18.7 Å². The van der Waals surface area contributed by atoms with Crippen molar-refractivity contribution in [1.29, 1.82) is 0 Å². The van der Waals surface area contributed by atoms with Crippen LogP contribution in [-0.4, -0.2) is 65.4 Å². The number of hydrogen-bond donors (Lipinski definition) is 1. The summed E-state index contributed by atoms with van der Waals surface area (Å²) < 4.78 is 42.7. The van der Waals surface area contributed by atoms with Crippen LogP contribution in [0.1, 0.15) is 6.42 Å². The molecule has 164 valence electrons. The van der Waals surface area contributed by atoms with Crippen LogP contribution in [0.5, 0.6) is 5.75 Å². The standard InChI is InChI=1S/C20H20F3N5O3/c21-20(22,23)7-18(29)27-11-17(12-27)31-16-3-1-14(2-4-16)28(15-5-6-25-26-10-15)19(30)13-8-24-9-13/h1-6,10,13,17,24H,7-9,11-12H2. The molecule has 1 aromatic carbocycles. The monoisotopic (exact) mass is 435 g/mol. The molecule has 2 aromatic rings. The molecule has 0 atom stereocenters. The molecule has 11 heteroatoms.